The van der Waals surface area contributed by atoms with Crippen molar-refractivity contribution >= 4 is 16.8 Å². The third kappa shape index (κ3) is 1.85. The Hall–Kier alpha value is -1.42. The summed E-state index contributed by atoms with van der Waals surface area (Å²) in [5.41, 5.74) is 0.696. The second-order valence-electron chi connectivity index (χ2n) is 3.02. The smallest absolute Gasteiger partial charge is 0.231 e. The lowest BCUT2D eigenvalue weighted by molar-refractivity contribution is -0.111. The second kappa shape index (κ2) is 3.98. The molecule has 0 saturated heterocycles. The Bertz CT molecular complexity index is 403. The van der Waals surface area contributed by atoms with Crippen LogP contribution in [-0.2, 0) is 11.2 Å². The first-order valence-corrected chi connectivity index (χ1v) is 4.74. The van der Waals surface area contributed by atoms with Crippen LogP contribution in [-0.4, -0.2) is 19.1 Å². The van der Waals surface area contributed by atoms with Gasteiger partial charge in [0.1, 0.15) is 0 Å². The van der Waals surface area contributed by atoms with Gasteiger partial charge in [-0.3, -0.25) is 4.79 Å². The Morgan fingerprint density at radius 1 is 1.53 bits per heavy atom. The molecule has 80 valence electrons. The third-order valence-electron chi connectivity index (χ3n) is 2.11. The molecular formula is C10H9ClO4. The molecule has 5 heteroatoms. The number of benzene rings is 1. The molecule has 0 spiro atoms. The van der Waals surface area contributed by atoms with E-state index in [9.17, 15) is 4.79 Å². The highest BCUT2D eigenvalue weighted by atomic mass is 35.5. The summed E-state index contributed by atoms with van der Waals surface area (Å²) < 4.78 is 15.6. The Kier molecular flexibility index (Phi) is 2.68. The van der Waals surface area contributed by atoms with E-state index >= 15 is 0 Å². The maximum absolute atomic E-state index is 10.8. The molecule has 1 aromatic carbocycles. The van der Waals surface area contributed by atoms with E-state index in [-0.39, 0.29) is 13.2 Å². The predicted molar refractivity (Wildman–Crippen MR) is 53.7 cm³/mol. The highest BCUT2D eigenvalue weighted by molar-refractivity contribution is 6.63. The number of hydrogen-bond acceptors (Lipinski definition) is 4. The van der Waals surface area contributed by atoms with Crippen molar-refractivity contribution in [2.24, 2.45) is 0 Å². The van der Waals surface area contributed by atoms with E-state index in [1.807, 2.05) is 0 Å². The van der Waals surface area contributed by atoms with Gasteiger partial charge in [0, 0.05) is 5.56 Å². The fourth-order valence-electron chi connectivity index (χ4n) is 1.50. The highest BCUT2D eigenvalue weighted by Gasteiger charge is 2.22. The van der Waals surface area contributed by atoms with Crippen molar-refractivity contribution in [3.05, 3.63) is 17.7 Å². The maximum Gasteiger partial charge on any atom is 0.231 e. The molecule has 0 aromatic heterocycles. The van der Waals surface area contributed by atoms with Gasteiger partial charge in [0.05, 0.1) is 13.5 Å². The summed E-state index contributed by atoms with van der Waals surface area (Å²) in [5.74, 6) is 1.67. The molecule has 1 heterocycles. The summed E-state index contributed by atoms with van der Waals surface area (Å²) in [6.45, 7) is 0.171. The van der Waals surface area contributed by atoms with Crippen LogP contribution in [0.2, 0.25) is 0 Å². The maximum atomic E-state index is 10.8. The molecule has 0 atom stereocenters. The number of ether oxygens (including phenoxy) is 3. The van der Waals surface area contributed by atoms with Crippen molar-refractivity contribution in [1.29, 1.82) is 0 Å². The molecule has 0 radical (unpaired) electrons. The van der Waals surface area contributed by atoms with Crippen molar-refractivity contribution in [2.45, 2.75) is 6.42 Å². The summed E-state index contributed by atoms with van der Waals surface area (Å²) >= 11 is 5.33. The van der Waals surface area contributed by atoms with Gasteiger partial charge in [-0.25, -0.2) is 0 Å². The van der Waals surface area contributed by atoms with Gasteiger partial charge in [0.15, 0.2) is 11.5 Å². The minimum atomic E-state index is -0.438. The van der Waals surface area contributed by atoms with Gasteiger partial charge in [0.25, 0.3) is 0 Å². The Morgan fingerprint density at radius 2 is 2.33 bits per heavy atom. The molecular weight excluding hydrogens is 220 g/mol. The minimum absolute atomic E-state index is 0.112. The number of rotatable bonds is 3. The molecule has 0 N–H and O–H groups in total. The van der Waals surface area contributed by atoms with E-state index in [1.54, 1.807) is 12.1 Å². The van der Waals surface area contributed by atoms with Crippen LogP contribution < -0.4 is 14.2 Å². The van der Waals surface area contributed by atoms with E-state index in [0.29, 0.717) is 22.8 Å². The lowest BCUT2D eigenvalue weighted by Crippen LogP contribution is -1.99. The van der Waals surface area contributed by atoms with Crippen LogP contribution in [0.1, 0.15) is 5.56 Å². The van der Waals surface area contributed by atoms with Gasteiger partial charge in [-0.2, -0.15) is 0 Å². The third-order valence-corrected chi connectivity index (χ3v) is 2.24. The molecule has 0 fully saturated rings. The van der Waals surface area contributed by atoms with Crippen LogP contribution in [0.5, 0.6) is 17.2 Å². The molecule has 0 unspecified atom stereocenters. The monoisotopic (exact) mass is 228 g/mol. The normalized spacial score (nSPS) is 12.7. The summed E-state index contributed by atoms with van der Waals surface area (Å²) in [4.78, 5) is 10.8. The van der Waals surface area contributed by atoms with Crippen LogP contribution in [0.15, 0.2) is 12.1 Å². The van der Waals surface area contributed by atoms with Gasteiger partial charge in [-0.1, -0.05) is 6.07 Å². The lowest BCUT2D eigenvalue weighted by Gasteiger charge is -2.09. The standard InChI is InChI=1S/C10H9ClO4/c1-13-9-6(4-8(11)12)2-3-7-10(9)15-5-14-7/h2-3H,4-5H2,1H3. The molecule has 2 rings (SSSR count). The zero-order valence-electron chi connectivity index (χ0n) is 8.08. The van der Waals surface area contributed by atoms with Gasteiger partial charge in [-0.15, -0.1) is 0 Å². The second-order valence-corrected chi connectivity index (χ2v) is 3.45. The van der Waals surface area contributed by atoms with Crippen molar-refractivity contribution in [3.63, 3.8) is 0 Å². The van der Waals surface area contributed by atoms with Gasteiger partial charge in [-0.05, 0) is 17.7 Å². The number of carbonyl (C=O) groups is 1. The first-order valence-electron chi connectivity index (χ1n) is 4.36. The van der Waals surface area contributed by atoms with E-state index < -0.39 is 5.24 Å². The zero-order valence-corrected chi connectivity index (χ0v) is 8.84. The van der Waals surface area contributed by atoms with Crippen molar-refractivity contribution < 1.29 is 19.0 Å². The Morgan fingerprint density at radius 3 is 3.00 bits per heavy atom. The van der Waals surface area contributed by atoms with E-state index in [4.69, 9.17) is 25.8 Å². The molecule has 0 amide bonds. The Labute approximate surface area is 91.7 Å². The zero-order chi connectivity index (χ0) is 10.8. The Balaban J connectivity index is 2.43. The molecule has 0 saturated carbocycles. The van der Waals surface area contributed by atoms with Gasteiger partial charge < -0.3 is 14.2 Å². The number of hydrogen-bond donors (Lipinski definition) is 0. The predicted octanol–water partition coefficient (Wildman–Crippen LogP) is 1.73. The number of halogens is 1. The number of carbonyl (C=O) groups excluding carboxylic acids is 1. The minimum Gasteiger partial charge on any atom is -0.492 e. The van der Waals surface area contributed by atoms with E-state index in [1.165, 1.54) is 7.11 Å². The van der Waals surface area contributed by atoms with Crippen LogP contribution in [0.3, 0.4) is 0 Å². The summed E-state index contributed by atoms with van der Waals surface area (Å²) in [6.07, 6.45) is 0.112. The van der Waals surface area contributed by atoms with Gasteiger partial charge in [0.2, 0.25) is 17.8 Å². The van der Waals surface area contributed by atoms with Crippen LogP contribution in [0.25, 0.3) is 0 Å². The fourth-order valence-corrected chi connectivity index (χ4v) is 1.64. The SMILES string of the molecule is COc1c(CC(=O)Cl)ccc2c1OCO2. The summed E-state index contributed by atoms with van der Waals surface area (Å²) in [7, 11) is 1.51. The lowest BCUT2D eigenvalue weighted by atomic mass is 10.1. The molecule has 1 aliphatic heterocycles. The average molecular weight is 229 g/mol. The van der Waals surface area contributed by atoms with Crippen LogP contribution >= 0.6 is 11.6 Å². The molecule has 15 heavy (non-hydrogen) atoms. The quantitative estimate of drug-likeness (QED) is 0.740. The van der Waals surface area contributed by atoms with Gasteiger partial charge >= 0.3 is 0 Å². The van der Waals surface area contributed by atoms with Crippen molar-refractivity contribution in [2.75, 3.05) is 13.9 Å². The first kappa shape index (κ1) is 10.1. The topological polar surface area (TPSA) is 44.8 Å². The molecule has 1 aliphatic rings. The van der Waals surface area contributed by atoms with E-state index in [2.05, 4.69) is 0 Å². The van der Waals surface area contributed by atoms with Crippen LogP contribution in [0, 0.1) is 0 Å². The average Bonchev–Trinajstić information content (AvgIpc) is 2.64. The van der Waals surface area contributed by atoms with E-state index in [0.717, 1.165) is 0 Å². The largest absolute Gasteiger partial charge is 0.492 e. The first-order chi connectivity index (χ1) is 7.22. The molecule has 1 aromatic rings. The number of fused-ring (bicyclic) bond motifs is 1. The molecule has 0 aliphatic carbocycles. The fraction of sp³-hybridized carbons (Fsp3) is 0.300. The summed E-state index contributed by atoms with van der Waals surface area (Å²) in [5, 5.41) is -0.438. The molecule has 4 nitrogen and oxygen atoms in total. The number of methoxy groups -OCH3 is 1. The highest BCUT2D eigenvalue weighted by Crippen LogP contribution is 2.43. The van der Waals surface area contributed by atoms with Crippen LogP contribution in [0.4, 0.5) is 0 Å². The summed E-state index contributed by atoms with van der Waals surface area (Å²) in [6, 6.07) is 3.48. The van der Waals surface area contributed by atoms with Crippen molar-refractivity contribution in [3.8, 4) is 17.2 Å². The van der Waals surface area contributed by atoms with Crippen molar-refractivity contribution in [1.82, 2.24) is 0 Å². The molecule has 0 bridgehead atoms.